The van der Waals surface area contributed by atoms with Crippen molar-refractivity contribution >= 4 is 17.7 Å². The Morgan fingerprint density at radius 3 is 2.79 bits per heavy atom. The third-order valence-electron chi connectivity index (χ3n) is 6.59. The van der Waals surface area contributed by atoms with Gasteiger partial charge in [-0.15, -0.1) is 0 Å². The summed E-state index contributed by atoms with van der Waals surface area (Å²) in [5, 5.41) is 2.34. The van der Waals surface area contributed by atoms with Crippen molar-refractivity contribution in [2.45, 2.75) is 57.0 Å². The topological polar surface area (TPSA) is 105 Å². The van der Waals surface area contributed by atoms with Crippen molar-refractivity contribution in [2.24, 2.45) is 5.73 Å². The van der Waals surface area contributed by atoms with Crippen LogP contribution in [0.1, 0.15) is 47.7 Å². The number of hydrogen-bond acceptors (Lipinski definition) is 6. The van der Waals surface area contributed by atoms with E-state index in [-0.39, 0.29) is 35.8 Å². The molecule has 3 aliphatic rings. The van der Waals surface area contributed by atoms with Crippen LogP contribution in [-0.2, 0) is 27.4 Å². The maximum absolute atomic E-state index is 13.0. The van der Waals surface area contributed by atoms with Crippen LogP contribution in [0, 0.1) is 0 Å². The number of carbonyl (C=O) groups is 3. The number of carbonyl (C=O) groups excluding carboxylic acids is 3. The smallest absolute Gasteiger partial charge is 0.255 e. The van der Waals surface area contributed by atoms with Crippen LogP contribution >= 0.6 is 0 Å². The molecule has 0 radical (unpaired) electrons. The first kappa shape index (κ1) is 20.0. The van der Waals surface area contributed by atoms with Gasteiger partial charge in [0.15, 0.2) is 0 Å². The Morgan fingerprint density at radius 2 is 2.10 bits per heavy atom. The number of rotatable bonds is 5. The summed E-state index contributed by atoms with van der Waals surface area (Å²) >= 11 is 0. The summed E-state index contributed by atoms with van der Waals surface area (Å²) in [4.78, 5) is 40.5. The minimum atomic E-state index is -0.586. The molecule has 8 nitrogen and oxygen atoms in total. The first-order valence-electron chi connectivity index (χ1n) is 10.1. The van der Waals surface area contributed by atoms with E-state index in [4.69, 9.17) is 10.5 Å². The number of piperidine rings is 1. The van der Waals surface area contributed by atoms with Crippen LogP contribution in [0.5, 0.6) is 0 Å². The second-order valence-electron chi connectivity index (χ2n) is 8.53. The second kappa shape index (κ2) is 7.51. The molecule has 2 saturated heterocycles. The van der Waals surface area contributed by atoms with Gasteiger partial charge in [0.25, 0.3) is 5.91 Å². The number of methoxy groups -OCH3 is 1. The molecule has 0 bridgehead atoms. The van der Waals surface area contributed by atoms with E-state index in [1.807, 2.05) is 18.2 Å². The first-order valence-corrected chi connectivity index (χ1v) is 10.1. The molecule has 4 rings (SSSR count). The fourth-order valence-corrected chi connectivity index (χ4v) is 4.70. The molecular formula is C21H28N4O4. The van der Waals surface area contributed by atoms with E-state index in [1.165, 1.54) is 0 Å². The van der Waals surface area contributed by atoms with E-state index >= 15 is 0 Å². The van der Waals surface area contributed by atoms with E-state index < -0.39 is 6.04 Å². The summed E-state index contributed by atoms with van der Waals surface area (Å²) in [7, 11) is 1.72. The highest BCUT2D eigenvalue weighted by Gasteiger charge is 2.42. The molecule has 0 spiro atoms. The van der Waals surface area contributed by atoms with Crippen LogP contribution in [0.25, 0.3) is 0 Å². The number of ether oxygens (including phenoxy) is 1. The highest BCUT2D eigenvalue weighted by Crippen LogP contribution is 2.33. The van der Waals surface area contributed by atoms with Gasteiger partial charge in [0.1, 0.15) is 6.04 Å². The SMILES string of the molecule is COC1CN(Cc2ccc3c(c2)C(=O)N(C2CCC(=O)NC2=O)C3)C(C)(CN)C1. The number of nitrogens with zero attached hydrogens (tertiary/aromatic N) is 2. The molecule has 3 N–H and O–H groups in total. The molecule has 1 aromatic carbocycles. The second-order valence-corrected chi connectivity index (χ2v) is 8.53. The lowest BCUT2D eigenvalue weighted by Crippen LogP contribution is -2.52. The van der Waals surface area contributed by atoms with Gasteiger partial charge in [-0.2, -0.15) is 0 Å². The standard InChI is InChI=1S/C21H28N4O4/c1-21(12-22)8-15(29-2)11-24(21)9-13-3-4-14-10-25(20(28)16(14)7-13)17-5-6-18(26)23-19(17)27/h3-4,7,15,17H,5-6,8-12,22H2,1-2H3,(H,23,26,27). The van der Waals surface area contributed by atoms with Crippen LogP contribution < -0.4 is 11.1 Å². The van der Waals surface area contributed by atoms with Gasteiger partial charge in [-0.1, -0.05) is 12.1 Å². The normalized spacial score (nSPS) is 30.0. The van der Waals surface area contributed by atoms with Crippen molar-refractivity contribution < 1.29 is 19.1 Å². The lowest BCUT2D eigenvalue weighted by atomic mass is 9.97. The molecule has 8 heteroatoms. The molecule has 3 aliphatic heterocycles. The van der Waals surface area contributed by atoms with Crippen LogP contribution in [-0.4, -0.2) is 65.4 Å². The summed E-state index contributed by atoms with van der Waals surface area (Å²) in [6, 6.07) is 5.35. The van der Waals surface area contributed by atoms with E-state index in [1.54, 1.807) is 12.0 Å². The zero-order chi connectivity index (χ0) is 20.8. The average Bonchev–Trinajstić information content (AvgIpc) is 3.20. The zero-order valence-electron chi connectivity index (χ0n) is 16.9. The molecule has 0 aliphatic carbocycles. The summed E-state index contributed by atoms with van der Waals surface area (Å²) in [5.41, 5.74) is 8.51. The number of nitrogens with one attached hydrogen (secondary N) is 1. The Kier molecular flexibility index (Phi) is 5.18. The Hall–Kier alpha value is -2.29. The molecule has 3 amide bonds. The Labute approximate surface area is 170 Å². The van der Waals surface area contributed by atoms with Crippen LogP contribution in [0.3, 0.4) is 0 Å². The lowest BCUT2D eigenvalue weighted by molar-refractivity contribution is -0.136. The number of imide groups is 1. The highest BCUT2D eigenvalue weighted by molar-refractivity contribution is 6.05. The number of nitrogens with two attached hydrogens (primary N) is 1. The van der Waals surface area contributed by atoms with E-state index in [0.29, 0.717) is 31.6 Å². The quantitative estimate of drug-likeness (QED) is 0.693. The van der Waals surface area contributed by atoms with Crippen molar-refractivity contribution in [3.63, 3.8) is 0 Å². The predicted octanol–water partition coefficient (Wildman–Crippen LogP) is 0.386. The summed E-state index contributed by atoms with van der Waals surface area (Å²) in [6.07, 6.45) is 1.67. The first-order chi connectivity index (χ1) is 13.8. The zero-order valence-corrected chi connectivity index (χ0v) is 16.9. The maximum Gasteiger partial charge on any atom is 0.255 e. The minimum Gasteiger partial charge on any atom is -0.380 e. The van der Waals surface area contributed by atoms with Gasteiger partial charge in [0, 0.05) is 50.8 Å². The van der Waals surface area contributed by atoms with E-state index in [2.05, 4.69) is 17.1 Å². The molecular weight excluding hydrogens is 372 g/mol. The monoisotopic (exact) mass is 400 g/mol. The molecule has 3 atom stereocenters. The van der Waals surface area contributed by atoms with Crippen molar-refractivity contribution in [3.05, 3.63) is 34.9 Å². The number of fused-ring (bicyclic) bond motifs is 1. The molecule has 3 heterocycles. The van der Waals surface area contributed by atoms with Gasteiger partial charge >= 0.3 is 0 Å². The molecule has 0 saturated carbocycles. The summed E-state index contributed by atoms with van der Waals surface area (Å²) in [5.74, 6) is -0.807. The number of benzene rings is 1. The lowest BCUT2D eigenvalue weighted by Gasteiger charge is -2.33. The number of amides is 3. The summed E-state index contributed by atoms with van der Waals surface area (Å²) in [6.45, 7) is 4.58. The van der Waals surface area contributed by atoms with Gasteiger partial charge < -0.3 is 15.4 Å². The van der Waals surface area contributed by atoms with Crippen LogP contribution in [0.4, 0.5) is 0 Å². The van der Waals surface area contributed by atoms with Gasteiger partial charge in [-0.05, 0) is 37.0 Å². The van der Waals surface area contributed by atoms with Crippen LogP contribution in [0.2, 0.25) is 0 Å². The number of hydrogen-bond donors (Lipinski definition) is 2. The number of likely N-dealkylation sites (tertiary alicyclic amines) is 1. The third kappa shape index (κ3) is 3.56. The van der Waals surface area contributed by atoms with E-state index in [0.717, 1.165) is 24.1 Å². The fraction of sp³-hybridized carbons (Fsp3) is 0.571. The predicted molar refractivity (Wildman–Crippen MR) is 106 cm³/mol. The van der Waals surface area contributed by atoms with Crippen molar-refractivity contribution in [1.29, 1.82) is 0 Å². The Bertz CT molecular complexity index is 857. The fourth-order valence-electron chi connectivity index (χ4n) is 4.70. The summed E-state index contributed by atoms with van der Waals surface area (Å²) < 4.78 is 5.55. The maximum atomic E-state index is 13.0. The molecule has 1 aromatic rings. The molecule has 3 unspecified atom stereocenters. The molecule has 2 fully saturated rings. The molecule has 0 aromatic heterocycles. The molecule has 29 heavy (non-hydrogen) atoms. The van der Waals surface area contributed by atoms with Gasteiger partial charge in [-0.3, -0.25) is 24.6 Å². The average molecular weight is 400 g/mol. The van der Waals surface area contributed by atoms with Crippen molar-refractivity contribution in [2.75, 3.05) is 20.2 Å². The Morgan fingerprint density at radius 1 is 1.31 bits per heavy atom. The van der Waals surface area contributed by atoms with Gasteiger partial charge in [0.2, 0.25) is 11.8 Å². The van der Waals surface area contributed by atoms with Crippen molar-refractivity contribution in [3.8, 4) is 0 Å². The molecule has 156 valence electrons. The highest BCUT2D eigenvalue weighted by atomic mass is 16.5. The largest absolute Gasteiger partial charge is 0.380 e. The third-order valence-corrected chi connectivity index (χ3v) is 6.59. The minimum absolute atomic E-state index is 0.136. The Balaban J connectivity index is 1.51. The van der Waals surface area contributed by atoms with Crippen molar-refractivity contribution in [1.82, 2.24) is 15.1 Å². The van der Waals surface area contributed by atoms with Crippen LogP contribution in [0.15, 0.2) is 18.2 Å². The van der Waals surface area contributed by atoms with Gasteiger partial charge in [0.05, 0.1) is 6.10 Å². The van der Waals surface area contributed by atoms with Gasteiger partial charge in [-0.25, -0.2) is 0 Å². The van der Waals surface area contributed by atoms with E-state index in [9.17, 15) is 14.4 Å².